The van der Waals surface area contributed by atoms with Gasteiger partial charge in [0.05, 0.1) is 6.61 Å². The Morgan fingerprint density at radius 3 is 1.23 bits per heavy atom. The number of allylic oxidation sites excluding steroid dienone is 12. The fraction of sp³-hybridized carbons (Fsp3) is 0.745. The molecule has 1 saturated carbocycles. The van der Waals surface area contributed by atoms with Crippen molar-refractivity contribution in [1.29, 1.82) is 0 Å². The third-order valence-electron chi connectivity index (χ3n) is 12.1. The van der Waals surface area contributed by atoms with Crippen LogP contribution in [-0.2, 0) is 32.7 Å². The molecule has 13 nitrogen and oxygen atoms in total. The summed E-state index contributed by atoms with van der Waals surface area (Å²) in [6.07, 6.45) is 44.0. The van der Waals surface area contributed by atoms with Gasteiger partial charge in [-0.2, -0.15) is 0 Å². The summed E-state index contributed by atoms with van der Waals surface area (Å²) in [7, 11) is -5.15. The van der Waals surface area contributed by atoms with Crippen LogP contribution in [0.15, 0.2) is 72.9 Å². The second kappa shape index (κ2) is 44.0. The zero-order valence-electron chi connectivity index (χ0n) is 42.6. The minimum atomic E-state index is -5.15. The number of esters is 2. The van der Waals surface area contributed by atoms with Gasteiger partial charge in [-0.1, -0.05) is 215 Å². The minimum Gasteiger partial charge on any atom is -0.462 e. The summed E-state index contributed by atoms with van der Waals surface area (Å²) in [5.41, 5.74) is 0. The van der Waals surface area contributed by atoms with Crippen LogP contribution in [0.5, 0.6) is 0 Å². The van der Waals surface area contributed by atoms with E-state index in [1.807, 2.05) is 18.2 Å². The van der Waals surface area contributed by atoms with Crippen molar-refractivity contribution in [3.8, 4) is 0 Å². The van der Waals surface area contributed by atoms with Crippen molar-refractivity contribution in [3.63, 3.8) is 0 Å². The highest BCUT2D eigenvalue weighted by Gasteiger charge is 2.51. The molecule has 0 aromatic rings. The van der Waals surface area contributed by atoms with E-state index in [1.54, 1.807) is 0 Å². The number of hydrogen-bond acceptors (Lipinski definition) is 12. The summed E-state index contributed by atoms with van der Waals surface area (Å²) in [5, 5.41) is 50.3. The molecule has 0 spiro atoms. The summed E-state index contributed by atoms with van der Waals surface area (Å²) in [6, 6.07) is 0. The summed E-state index contributed by atoms with van der Waals surface area (Å²) in [6.45, 7) is 3.16. The fourth-order valence-corrected chi connectivity index (χ4v) is 8.82. The highest BCUT2D eigenvalue weighted by Crippen LogP contribution is 2.47. The van der Waals surface area contributed by atoms with Crippen LogP contribution in [0, 0.1) is 0 Å². The largest absolute Gasteiger partial charge is 0.472 e. The first-order valence-corrected chi connectivity index (χ1v) is 28.2. The molecule has 1 fully saturated rings. The number of aliphatic hydroxyl groups excluding tert-OH is 5. The van der Waals surface area contributed by atoms with Gasteiger partial charge in [0.15, 0.2) is 6.10 Å². The number of carbonyl (C=O) groups is 2. The van der Waals surface area contributed by atoms with E-state index >= 15 is 0 Å². The van der Waals surface area contributed by atoms with Gasteiger partial charge in [0.25, 0.3) is 0 Å². The van der Waals surface area contributed by atoms with Gasteiger partial charge in [0.2, 0.25) is 0 Å². The Morgan fingerprint density at radius 1 is 0.464 bits per heavy atom. The van der Waals surface area contributed by atoms with Crippen LogP contribution in [0.25, 0.3) is 0 Å². The third-order valence-corrected chi connectivity index (χ3v) is 13.1. The predicted molar refractivity (Wildman–Crippen MR) is 276 cm³/mol. The van der Waals surface area contributed by atoms with Crippen molar-refractivity contribution >= 4 is 19.8 Å². The molecule has 0 amide bonds. The minimum absolute atomic E-state index is 0.0299. The highest BCUT2D eigenvalue weighted by atomic mass is 31.2. The van der Waals surface area contributed by atoms with E-state index in [2.05, 4.69) is 68.5 Å². The molecule has 1 aliphatic rings. The van der Waals surface area contributed by atoms with Crippen molar-refractivity contribution in [3.05, 3.63) is 72.9 Å². The number of rotatable bonds is 44. The Labute approximate surface area is 416 Å². The Balaban J connectivity index is 2.42. The van der Waals surface area contributed by atoms with E-state index in [9.17, 15) is 44.6 Å². The molecule has 69 heavy (non-hydrogen) atoms. The quantitative estimate of drug-likeness (QED) is 0.0145. The van der Waals surface area contributed by atoms with E-state index in [0.29, 0.717) is 19.3 Å². The molecular formula is C55H95O13P. The lowest BCUT2D eigenvalue weighted by atomic mass is 9.85. The third kappa shape index (κ3) is 36.0. The maximum Gasteiger partial charge on any atom is 0.472 e. The first kappa shape index (κ1) is 64.3. The number of ether oxygens (including phenoxy) is 2. The second-order valence-corrected chi connectivity index (χ2v) is 19.8. The molecule has 6 unspecified atom stereocenters. The molecule has 0 aliphatic heterocycles. The summed E-state index contributed by atoms with van der Waals surface area (Å²) in [5.74, 6) is -1.19. The second-order valence-electron chi connectivity index (χ2n) is 18.4. The van der Waals surface area contributed by atoms with E-state index < -0.39 is 75.7 Å². The average molecular weight is 995 g/mol. The van der Waals surface area contributed by atoms with Crippen molar-refractivity contribution in [2.24, 2.45) is 0 Å². The van der Waals surface area contributed by atoms with Crippen molar-refractivity contribution < 1.29 is 63.1 Å². The predicted octanol–water partition coefficient (Wildman–Crippen LogP) is 11.8. The zero-order valence-corrected chi connectivity index (χ0v) is 43.5. The molecule has 0 saturated heterocycles. The lowest BCUT2D eigenvalue weighted by Crippen LogP contribution is -2.64. The monoisotopic (exact) mass is 995 g/mol. The molecule has 0 aromatic carbocycles. The molecule has 1 rings (SSSR count). The maximum absolute atomic E-state index is 12.9. The fourth-order valence-electron chi connectivity index (χ4n) is 7.84. The molecule has 0 heterocycles. The SMILES string of the molecule is CC/C=C/C/C=C/C/C=C/C/C=C/C/C=C/C/C=C/CCC(=O)O[C@@H](COC(=O)CCCCCCCCCCCCCCCCCCCCCCC)COP(=O)(O)OC1C(O)C(O)C(O)[C@H](O)C1O. The Bertz CT molecular complexity index is 1480. The molecule has 0 bridgehead atoms. The van der Waals surface area contributed by atoms with Crippen LogP contribution in [0.2, 0.25) is 0 Å². The van der Waals surface area contributed by atoms with Gasteiger partial charge in [-0.3, -0.25) is 18.6 Å². The summed E-state index contributed by atoms with van der Waals surface area (Å²) < 4.78 is 33.6. The van der Waals surface area contributed by atoms with Crippen LogP contribution < -0.4 is 0 Å². The Kier molecular flexibility index (Phi) is 41.0. The van der Waals surface area contributed by atoms with Crippen LogP contribution in [0.4, 0.5) is 0 Å². The molecule has 0 aromatic heterocycles. The molecule has 8 atom stereocenters. The Morgan fingerprint density at radius 2 is 0.826 bits per heavy atom. The topological polar surface area (TPSA) is 210 Å². The first-order chi connectivity index (χ1) is 33.4. The number of hydrogen-bond donors (Lipinski definition) is 6. The molecule has 6 N–H and O–H groups in total. The van der Waals surface area contributed by atoms with Crippen LogP contribution in [0.1, 0.15) is 206 Å². The smallest absolute Gasteiger partial charge is 0.462 e. The van der Waals surface area contributed by atoms with Gasteiger partial charge >= 0.3 is 19.8 Å². The van der Waals surface area contributed by atoms with Gasteiger partial charge < -0.3 is 39.9 Å². The number of unbranched alkanes of at least 4 members (excludes halogenated alkanes) is 20. The van der Waals surface area contributed by atoms with Crippen LogP contribution in [0.3, 0.4) is 0 Å². The maximum atomic E-state index is 12.9. The van der Waals surface area contributed by atoms with Gasteiger partial charge in [-0.25, -0.2) is 4.57 Å². The van der Waals surface area contributed by atoms with Gasteiger partial charge in [0.1, 0.15) is 43.2 Å². The molecule has 0 radical (unpaired) electrons. The summed E-state index contributed by atoms with van der Waals surface area (Å²) >= 11 is 0. The standard InChI is InChI=1S/C55H95O13P/c1-3-5-7-9-11-13-15-17-19-21-23-24-26-27-29-31-33-35-37-39-41-43-48(56)65-45-47(46-66-69(63,64)68-55-53(61)51(59)50(58)52(60)54(55)62)67-49(57)44-42-40-38-36-34-32-30-28-25-22-20-18-16-14-12-10-8-6-4-2/h6,8,12,14,18,20,25,28,32,34,38,40,47,50-55,58-62H,3-5,7,9-11,13,15-17,19,21-24,26-27,29-31,33,35-37,39,41-46H2,1-2H3,(H,63,64)/b8-6+,14-12+,20-18+,28-25+,34-32+,40-38+/t47-,50?,51-,52?,53?,54?,55?/m0/s1. The van der Waals surface area contributed by atoms with E-state index in [0.717, 1.165) is 51.4 Å². The number of phosphoric acid groups is 1. The Hall–Kier alpha value is -2.71. The van der Waals surface area contributed by atoms with Crippen molar-refractivity contribution in [2.75, 3.05) is 13.2 Å². The lowest BCUT2D eigenvalue weighted by molar-refractivity contribution is -0.220. The molecular weight excluding hydrogens is 900 g/mol. The van der Waals surface area contributed by atoms with Gasteiger partial charge in [0, 0.05) is 12.8 Å². The lowest BCUT2D eigenvalue weighted by Gasteiger charge is -2.41. The highest BCUT2D eigenvalue weighted by molar-refractivity contribution is 7.47. The van der Waals surface area contributed by atoms with Crippen molar-refractivity contribution in [2.45, 2.75) is 249 Å². The number of aliphatic hydroxyl groups is 5. The summed E-state index contributed by atoms with van der Waals surface area (Å²) in [4.78, 5) is 35.8. The van der Waals surface area contributed by atoms with Gasteiger partial charge in [-0.05, 0) is 51.4 Å². The van der Waals surface area contributed by atoms with Crippen LogP contribution >= 0.6 is 7.82 Å². The van der Waals surface area contributed by atoms with Gasteiger partial charge in [-0.15, -0.1) is 0 Å². The first-order valence-electron chi connectivity index (χ1n) is 26.7. The number of phosphoric ester groups is 1. The molecule has 1 aliphatic carbocycles. The normalized spacial score (nSPS) is 21.4. The molecule has 398 valence electrons. The van der Waals surface area contributed by atoms with Crippen molar-refractivity contribution in [1.82, 2.24) is 0 Å². The molecule has 14 heteroatoms. The van der Waals surface area contributed by atoms with E-state index in [4.69, 9.17) is 18.5 Å². The number of carbonyl (C=O) groups excluding carboxylic acids is 2. The average Bonchev–Trinajstić information content (AvgIpc) is 3.33. The van der Waals surface area contributed by atoms with E-state index in [-0.39, 0.29) is 12.8 Å². The van der Waals surface area contributed by atoms with E-state index in [1.165, 1.54) is 109 Å². The zero-order chi connectivity index (χ0) is 50.6. The van der Waals surface area contributed by atoms with Crippen LogP contribution in [-0.4, -0.2) is 98.3 Å².